The molecule has 0 N–H and O–H groups in total. The first-order valence-corrected chi connectivity index (χ1v) is 11.3. The zero-order chi connectivity index (χ0) is 23.8. The van der Waals surface area contributed by atoms with Gasteiger partial charge in [0.2, 0.25) is 6.29 Å². The van der Waals surface area contributed by atoms with E-state index in [2.05, 4.69) is 68.4 Å². The summed E-state index contributed by atoms with van der Waals surface area (Å²) < 4.78 is 0. The molecule has 30 heavy (non-hydrogen) atoms. The Kier molecular flexibility index (Phi) is 11.5. The van der Waals surface area contributed by atoms with Gasteiger partial charge < -0.3 is 0 Å². The predicted octanol–water partition coefficient (Wildman–Crippen LogP) is 8.33. The van der Waals surface area contributed by atoms with Crippen LogP contribution in [0.2, 0.25) is 0 Å². The third-order valence-electron chi connectivity index (χ3n) is 4.16. The van der Waals surface area contributed by atoms with Gasteiger partial charge in [-0.15, -0.1) is 0 Å². The van der Waals surface area contributed by atoms with E-state index in [1.54, 1.807) is 0 Å². The summed E-state index contributed by atoms with van der Waals surface area (Å²) in [7, 11) is 0. The van der Waals surface area contributed by atoms with Gasteiger partial charge in [-0.25, -0.2) is 9.78 Å². The molecule has 0 aliphatic heterocycles. The standard InChI is InChI=1S/C26H50O4/c1-20(2)15-14-16-21(3)17-22(27-29-25(10,11)18-23(4,5)6)28-30-26(12,13)19-24(7,8)9/h15,17,22H,14,16,18-19H2,1-13H3/b21-17+. The molecule has 0 aliphatic carbocycles. The number of allylic oxidation sites excluding steroid dienone is 3. The molecule has 4 heteroatoms. The van der Waals surface area contributed by atoms with Crippen molar-refractivity contribution in [1.82, 2.24) is 0 Å². The van der Waals surface area contributed by atoms with Crippen LogP contribution in [0.1, 0.15) is 116 Å². The summed E-state index contributed by atoms with van der Waals surface area (Å²) in [5.41, 5.74) is 1.88. The summed E-state index contributed by atoms with van der Waals surface area (Å²) >= 11 is 0. The van der Waals surface area contributed by atoms with Crippen LogP contribution in [-0.4, -0.2) is 17.5 Å². The van der Waals surface area contributed by atoms with Crippen LogP contribution in [0.3, 0.4) is 0 Å². The van der Waals surface area contributed by atoms with Crippen molar-refractivity contribution >= 4 is 0 Å². The van der Waals surface area contributed by atoms with Crippen LogP contribution in [0.4, 0.5) is 0 Å². The molecule has 0 radical (unpaired) electrons. The highest BCUT2D eigenvalue weighted by Gasteiger charge is 2.31. The summed E-state index contributed by atoms with van der Waals surface area (Å²) in [4.78, 5) is 23.1. The highest BCUT2D eigenvalue weighted by Crippen LogP contribution is 2.32. The Bertz CT molecular complexity index is 521. The molecule has 0 saturated carbocycles. The fourth-order valence-corrected chi connectivity index (χ4v) is 3.94. The molecule has 0 rings (SSSR count). The maximum absolute atomic E-state index is 5.82. The van der Waals surface area contributed by atoms with Crippen molar-refractivity contribution in [1.29, 1.82) is 0 Å². The summed E-state index contributed by atoms with van der Waals surface area (Å²) in [5.74, 6) is 0. The Morgan fingerprint density at radius 1 is 0.700 bits per heavy atom. The summed E-state index contributed by atoms with van der Waals surface area (Å²) in [6, 6.07) is 0. The molecule has 178 valence electrons. The monoisotopic (exact) mass is 426 g/mol. The third-order valence-corrected chi connectivity index (χ3v) is 4.16. The fourth-order valence-electron chi connectivity index (χ4n) is 3.94. The molecule has 0 aromatic carbocycles. The number of rotatable bonds is 12. The van der Waals surface area contributed by atoms with E-state index < -0.39 is 17.5 Å². The van der Waals surface area contributed by atoms with Crippen LogP contribution in [0, 0.1) is 10.8 Å². The lowest BCUT2D eigenvalue weighted by molar-refractivity contribution is -0.490. The van der Waals surface area contributed by atoms with Crippen LogP contribution in [0.15, 0.2) is 23.3 Å². The van der Waals surface area contributed by atoms with Crippen molar-refractivity contribution in [2.24, 2.45) is 10.8 Å². The summed E-state index contributed by atoms with van der Waals surface area (Å²) in [5, 5.41) is 0. The molecule has 0 heterocycles. The van der Waals surface area contributed by atoms with E-state index in [9.17, 15) is 0 Å². The van der Waals surface area contributed by atoms with Gasteiger partial charge >= 0.3 is 0 Å². The van der Waals surface area contributed by atoms with Crippen molar-refractivity contribution in [3.8, 4) is 0 Å². The first-order valence-electron chi connectivity index (χ1n) is 11.3. The van der Waals surface area contributed by atoms with Crippen molar-refractivity contribution < 1.29 is 19.6 Å². The van der Waals surface area contributed by atoms with Crippen molar-refractivity contribution in [2.45, 2.75) is 133 Å². The Morgan fingerprint density at radius 2 is 1.10 bits per heavy atom. The lowest BCUT2D eigenvalue weighted by Gasteiger charge is -2.33. The van der Waals surface area contributed by atoms with E-state index in [1.807, 2.05) is 33.8 Å². The molecule has 0 aromatic heterocycles. The highest BCUT2D eigenvalue weighted by molar-refractivity contribution is 5.03. The Morgan fingerprint density at radius 3 is 1.43 bits per heavy atom. The molecule has 0 aliphatic rings. The van der Waals surface area contributed by atoms with Crippen LogP contribution in [0.5, 0.6) is 0 Å². The SMILES string of the molecule is CC(C)=CCC/C(C)=C/C(OOC(C)(C)CC(C)(C)C)OOC(C)(C)CC(C)(C)C. The molecular formula is C26H50O4. The first-order chi connectivity index (χ1) is 13.3. The second kappa shape index (κ2) is 11.8. The Balaban J connectivity index is 5.18. The van der Waals surface area contributed by atoms with Gasteiger partial charge in [0.1, 0.15) is 0 Å². The van der Waals surface area contributed by atoms with E-state index in [4.69, 9.17) is 19.6 Å². The van der Waals surface area contributed by atoms with Crippen molar-refractivity contribution in [2.75, 3.05) is 0 Å². The highest BCUT2D eigenvalue weighted by atomic mass is 17.3. The second-order valence-electron chi connectivity index (χ2n) is 12.6. The lowest BCUT2D eigenvalue weighted by Crippen LogP contribution is -2.35. The molecule has 0 atom stereocenters. The van der Waals surface area contributed by atoms with E-state index in [0.29, 0.717) is 0 Å². The lowest BCUT2D eigenvalue weighted by atomic mass is 9.84. The van der Waals surface area contributed by atoms with Gasteiger partial charge in [0, 0.05) is 0 Å². The van der Waals surface area contributed by atoms with Gasteiger partial charge in [-0.3, -0.25) is 0 Å². The van der Waals surface area contributed by atoms with Crippen LogP contribution in [0.25, 0.3) is 0 Å². The average molecular weight is 427 g/mol. The van der Waals surface area contributed by atoms with Gasteiger partial charge in [0.05, 0.1) is 11.2 Å². The number of hydrogen-bond donors (Lipinski definition) is 0. The Hall–Kier alpha value is -0.680. The van der Waals surface area contributed by atoms with Gasteiger partial charge in [-0.2, -0.15) is 9.78 Å². The molecule has 0 unspecified atom stereocenters. The minimum Gasteiger partial charge on any atom is -0.227 e. The molecule has 0 fully saturated rings. The molecule has 0 bridgehead atoms. The molecule has 4 nitrogen and oxygen atoms in total. The van der Waals surface area contributed by atoms with Crippen molar-refractivity contribution in [3.63, 3.8) is 0 Å². The number of hydrogen-bond acceptors (Lipinski definition) is 4. The second-order valence-corrected chi connectivity index (χ2v) is 12.6. The van der Waals surface area contributed by atoms with E-state index in [1.165, 1.54) is 11.1 Å². The minimum atomic E-state index is -0.727. The largest absolute Gasteiger partial charge is 0.242 e. The van der Waals surface area contributed by atoms with Gasteiger partial charge in [0.25, 0.3) is 0 Å². The third kappa shape index (κ3) is 17.0. The van der Waals surface area contributed by atoms with E-state index in [0.717, 1.165) is 25.7 Å². The zero-order valence-electron chi connectivity index (χ0n) is 22.2. The quantitative estimate of drug-likeness (QED) is 0.136. The van der Waals surface area contributed by atoms with E-state index in [-0.39, 0.29) is 10.8 Å². The average Bonchev–Trinajstić information content (AvgIpc) is 2.44. The molecular weight excluding hydrogens is 376 g/mol. The van der Waals surface area contributed by atoms with Crippen LogP contribution < -0.4 is 0 Å². The summed E-state index contributed by atoms with van der Waals surface area (Å²) in [6.07, 6.45) is 7.09. The molecule has 0 spiro atoms. The van der Waals surface area contributed by atoms with Gasteiger partial charge in [0.15, 0.2) is 0 Å². The van der Waals surface area contributed by atoms with Crippen LogP contribution >= 0.6 is 0 Å². The van der Waals surface area contributed by atoms with Crippen LogP contribution in [-0.2, 0) is 19.6 Å². The zero-order valence-corrected chi connectivity index (χ0v) is 22.2. The maximum atomic E-state index is 5.82. The molecule has 0 amide bonds. The van der Waals surface area contributed by atoms with E-state index >= 15 is 0 Å². The Labute approximate surface area is 187 Å². The molecule has 0 saturated heterocycles. The normalized spacial score (nSPS) is 14.4. The van der Waals surface area contributed by atoms with Crippen molar-refractivity contribution in [3.05, 3.63) is 23.3 Å². The molecule has 0 aromatic rings. The predicted molar refractivity (Wildman–Crippen MR) is 127 cm³/mol. The first kappa shape index (κ1) is 29.3. The smallest absolute Gasteiger partial charge is 0.227 e. The fraction of sp³-hybridized carbons (Fsp3) is 0.846. The van der Waals surface area contributed by atoms with Gasteiger partial charge in [-0.05, 0) is 91.1 Å². The maximum Gasteiger partial charge on any atom is 0.242 e. The minimum absolute atomic E-state index is 0.129. The topological polar surface area (TPSA) is 36.9 Å². The summed E-state index contributed by atoms with van der Waals surface area (Å²) in [6.45, 7) is 27.6. The van der Waals surface area contributed by atoms with Gasteiger partial charge in [-0.1, -0.05) is 58.8 Å².